The van der Waals surface area contributed by atoms with Gasteiger partial charge in [-0.05, 0) is 24.0 Å². The van der Waals surface area contributed by atoms with Crippen molar-refractivity contribution < 1.29 is 4.79 Å². The number of nitrogens with zero attached hydrogens (tertiary/aromatic N) is 2. The molecule has 4 rings (SSSR count). The Labute approximate surface area is 163 Å². The highest BCUT2D eigenvalue weighted by molar-refractivity contribution is 5.79. The predicted molar refractivity (Wildman–Crippen MR) is 109 cm³/mol. The zero-order valence-corrected chi connectivity index (χ0v) is 16.1. The van der Waals surface area contributed by atoms with Gasteiger partial charge in [-0.15, -0.1) is 0 Å². The number of carbonyl (C=O) groups is 1. The summed E-state index contributed by atoms with van der Waals surface area (Å²) in [5.41, 5.74) is 2.66. The molecule has 1 aliphatic heterocycles. The van der Waals surface area contributed by atoms with Crippen LogP contribution in [0.5, 0.6) is 0 Å². The fourth-order valence-corrected chi connectivity index (χ4v) is 4.69. The fraction of sp³-hybridized carbons (Fsp3) is 0.458. The minimum Gasteiger partial charge on any atom is -0.340 e. The molecule has 1 aliphatic carbocycles. The van der Waals surface area contributed by atoms with Crippen molar-refractivity contribution in [3.8, 4) is 0 Å². The molecule has 1 amide bonds. The highest BCUT2D eigenvalue weighted by Crippen LogP contribution is 2.30. The first-order valence-corrected chi connectivity index (χ1v) is 10.5. The van der Waals surface area contributed by atoms with Gasteiger partial charge in [0.25, 0.3) is 0 Å². The second-order valence-electron chi connectivity index (χ2n) is 7.92. The fourth-order valence-electron chi connectivity index (χ4n) is 4.69. The first-order valence-electron chi connectivity index (χ1n) is 10.5. The number of hydrogen-bond donors (Lipinski definition) is 0. The molecule has 1 saturated heterocycles. The summed E-state index contributed by atoms with van der Waals surface area (Å²) in [7, 11) is 0. The Morgan fingerprint density at radius 3 is 1.78 bits per heavy atom. The summed E-state index contributed by atoms with van der Waals surface area (Å²) >= 11 is 0. The third-order valence-electron chi connectivity index (χ3n) is 6.18. The van der Waals surface area contributed by atoms with E-state index in [4.69, 9.17) is 0 Å². The molecule has 0 unspecified atom stereocenters. The van der Waals surface area contributed by atoms with E-state index in [-0.39, 0.29) is 12.0 Å². The average Bonchev–Trinajstić information content (AvgIpc) is 2.76. The molecule has 2 aromatic rings. The van der Waals surface area contributed by atoms with Crippen LogP contribution in [0.15, 0.2) is 60.7 Å². The molecular formula is C24H30N2O. The predicted octanol–water partition coefficient (Wildman–Crippen LogP) is 4.50. The van der Waals surface area contributed by atoms with Crippen molar-refractivity contribution in [1.29, 1.82) is 0 Å². The zero-order chi connectivity index (χ0) is 18.5. The van der Waals surface area contributed by atoms with Crippen molar-refractivity contribution in [1.82, 2.24) is 9.80 Å². The SMILES string of the molecule is O=C(C1CCCCC1)N1CCN(C(c2ccccc2)c2ccccc2)CC1. The summed E-state index contributed by atoms with van der Waals surface area (Å²) in [6.45, 7) is 3.58. The number of piperazine rings is 1. The van der Waals surface area contributed by atoms with E-state index in [2.05, 4.69) is 70.5 Å². The van der Waals surface area contributed by atoms with Crippen LogP contribution in [-0.2, 0) is 4.79 Å². The lowest BCUT2D eigenvalue weighted by molar-refractivity contribution is -0.138. The molecule has 0 atom stereocenters. The van der Waals surface area contributed by atoms with E-state index in [9.17, 15) is 4.79 Å². The summed E-state index contributed by atoms with van der Waals surface area (Å²) in [6.07, 6.45) is 5.93. The van der Waals surface area contributed by atoms with Crippen molar-refractivity contribution in [2.24, 2.45) is 5.92 Å². The maximum absolute atomic E-state index is 12.9. The van der Waals surface area contributed by atoms with Gasteiger partial charge in [0.05, 0.1) is 6.04 Å². The summed E-state index contributed by atoms with van der Waals surface area (Å²) in [5.74, 6) is 0.690. The quantitative estimate of drug-likeness (QED) is 0.799. The van der Waals surface area contributed by atoms with Crippen LogP contribution in [0.25, 0.3) is 0 Å². The topological polar surface area (TPSA) is 23.6 Å². The van der Waals surface area contributed by atoms with E-state index >= 15 is 0 Å². The third-order valence-corrected chi connectivity index (χ3v) is 6.18. The van der Waals surface area contributed by atoms with Crippen LogP contribution in [0.3, 0.4) is 0 Å². The molecule has 2 aliphatic rings. The molecule has 0 N–H and O–H groups in total. The molecule has 2 fully saturated rings. The van der Waals surface area contributed by atoms with Crippen LogP contribution < -0.4 is 0 Å². The monoisotopic (exact) mass is 362 g/mol. The minimum absolute atomic E-state index is 0.263. The van der Waals surface area contributed by atoms with Gasteiger partial charge < -0.3 is 4.90 Å². The zero-order valence-electron chi connectivity index (χ0n) is 16.1. The van der Waals surface area contributed by atoms with E-state index in [1.54, 1.807) is 0 Å². The molecule has 1 heterocycles. The minimum atomic E-state index is 0.263. The molecule has 0 aromatic heterocycles. The van der Waals surface area contributed by atoms with Gasteiger partial charge in [-0.2, -0.15) is 0 Å². The molecule has 142 valence electrons. The Morgan fingerprint density at radius 1 is 0.741 bits per heavy atom. The second-order valence-corrected chi connectivity index (χ2v) is 7.92. The lowest BCUT2D eigenvalue weighted by Crippen LogP contribution is -2.51. The molecule has 0 bridgehead atoms. The molecule has 27 heavy (non-hydrogen) atoms. The Hall–Kier alpha value is -2.13. The number of hydrogen-bond acceptors (Lipinski definition) is 2. The Morgan fingerprint density at radius 2 is 1.26 bits per heavy atom. The van der Waals surface area contributed by atoms with Crippen molar-refractivity contribution in [3.05, 3.63) is 71.8 Å². The van der Waals surface area contributed by atoms with Gasteiger partial charge in [0.15, 0.2) is 0 Å². The Kier molecular flexibility index (Phi) is 5.88. The lowest BCUT2D eigenvalue weighted by atomic mass is 9.88. The molecule has 0 radical (unpaired) electrons. The van der Waals surface area contributed by atoms with Crippen molar-refractivity contribution in [2.75, 3.05) is 26.2 Å². The maximum Gasteiger partial charge on any atom is 0.225 e. The van der Waals surface area contributed by atoms with E-state index in [1.165, 1.54) is 30.4 Å². The second kappa shape index (κ2) is 8.71. The van der Waals surface area contributed by atoms with Gasteiger partial charge >= 0.3 is 0 Å². The van der Waals surface area contributed by atoms with Gasteiger partial charge in [0.1, 0.15) is 0 Å². The van der Waals surface area contributed by atoms with Gasteiger partial charge in [0, 0.05) is 32.1 Å². The number of amides is 1. The summed E-state index contributed by atoms with van der Waals surface area (Å²) < 4.78 is 0. The Balaban J connectivity index is 1.46. The van der Waals surface area contributed by atoms with Gasteiger partial charge in [-0.25, -0.2) is 0 Å². The van der Waals surface area contributed by atoms with Crippen LogP contribution >= 0.6 is 0 Å². The number of carbonyl (C=O) groups excluding carboxylic acids is 1. The molecule has 2 aromatic carbocycles. The summed E-state index contributed by atoms with van der Waals surface area (Å²) in [5, 5.41) is 0. The molecular weight excluding hydrogens is 332 g/mol. The summed E-state index contributed by atoms with van der Waals surface area (Å²) in [6, 6.07) is 21.8. The highest BCUT2D eigenvalue weighted by Gasteiger charge is 2.31. The van der Waals surface area contributed by atoms with Gasteiger partial charge in [-0.1, -0.05) is 79.9 Å². The van der Waals surface area contributed by atoms with Crippen LogP contribution in [-0.4, -0.2) is 41.9 Å². The van der Waals surface area contributed by atoms with E-state index < -0.39 is 0 Å². The van der Waals surface area contributed by atoms with Gasteiger partial charge in [-0.3, -0.25) is 9.69 Å². The summed E-state index contributed by atoms with van der Waals surface area (Å²) in [4.78, 5) is 17.5. The third kappa shape index (κ3) is 4.24. The number of benzene rings is 2. The molecule has 3 nitrogen and oxygen atoms in total. The van der Waals surface area contributed by atoms with Crippen LogP contribution in [0, 0.1) is 5.92 Å². The molecule has 3 heteroatoms. The first kappa shape index (κ1) is 18.2. The van der Waals surface area contributed by atoms with Crippen LogP contribution in [0.4, 0.5) is 0 Å². The Bertz CT molecular complexity index is 677. The largest absolute Gasteiger partial charge is 0.340 e. The van der Waals surface area contributed by atoms with E-state index in [0.29, 0.717) is 5.91 Å². The normalized spacial score (nSPS) is 19.4. The van der Waals surface area contributed by atoms with Crippen molar-refractivity contribution in [3.63, 3.8) is 0 Å². The standard InChI is InChI=1S/C24H30N2O/c27-24(22-14-8-3-9-15-22)26-18-16-25(17-19-26)23(20-10-4-1-5-11-20)21-12-6-2-7-13-21/h1-2,4-7,10-13,22-23H,3,8-9,14-19H2. The van der Waals surface area contributed by atoms with Crippen molar-refractivity contribution in [2.45, 2.75) is 38.1 Å². The number of rotatable bonds is 4. The van der Waals surface area contributed by atoms with Crippen molar-refractivity contribution >= 4 is 5.91 Å². The first-order chi connectivity index (χ1) is 13.3. The molecule has 0 spiro atoms. The highest BCUT2D eigenvalue weighted by atomic mass is 16.2. The van der Waals surface area contributed by atoms with E-state index in [1.807, 2.05) is 0 Å². The van der Waals surface area contributed by atoms with Crippen LogP contribution in [0.1, 0.15) is 49.3 Å². The lowest BCUT2D eigenvalue weighted by Gasteiger charge is -2.41. The maximum atomic E-state index is 12.9. The average molecular weight is 363 g/mol. The van der Waals surface area contributed by atoms with E-state index in [0.717, 1.165) is 39.0 Å². The molecule has 1 saturated carbocycles. The van der Waals surface area contributed by atoms with Gasteiger partial charge in [0.2, 0.25) is 5.91 Å². The van der Waals surface area contributed by atoms with Crippen LogP contribution in [0.2, 0.25) is 0 Å². The smallest absolute Gasteiger partial charge is 0.225 e.